The second-order valence-electron chi connectivity index (χ2n) is 3.31. The van der Waals surface area contributed by atoms with Crippen LogP contribution in [0.4, 0.5) is 0 Å². The molecule has 0 N–H and O–H groups in total. The van der Waals surface area contributed by atoms with Crippen molar-refractivity contribution in [1.82, 2.24) is 0 Å². The fourth-order valence-corrected chi connectivity index (χ4v) is 1.22. The van der Waals surface area contributed by atoms with Crippen LogP contribution in [0.3, 0.4) is 0 Å². The molecule has 0 aromatic heterocycles. The summed E-state index contributed by atoms with van der Waals surface area (Å²) in [5.41, 5.74) is -0.505. The van der Waals surface area contributed by atoms with Crippen molar-refractivity contribution in [2.75, 3.05) is 0 Å². The van der Waals surface area contributed by atoms with Gasteiger partial charge in [-0.05, 0) is 18.6 Å². The van der Waals surface area contributed by atoms with Crippen molar-refractivity contribution in [2.45, 2.75) is 25.8 Å². The van der Waals surface area contributed by atoms with Crippen molar-refractivity contribution in [3.63, 3.8) is 0 Å². The second-order valence-corrected chi connectivity index (χ2v) is 3.80. The van der Waals surface area contributed by atoms with Crippen LogP contribution in [0.25, 0.3) is 0 Å². The van der Waals surface area contributed by atoms with Gasteiger partial charge in [-0.25, -0.2) is 4.79 Å². The minimum absolute atomic E-state index is 0.171. The summed E-state index contributed by atoms with van der Waals surface area (Å²) in [5, 5.41) is 0. The van der Waals surface area contributed by atoms with Crippen LogP contribution in [0, 0.1) is 0 Å². The molecule has 0 saturated carbocycles. The van der Waals surface area contributed by atoms with Gasteiger partial charge in [0, 0.05) is 6.92 Å². The summed E-state index contributed by atoms with van der Waals surface area (Å²) in [6.45, 7) is 3.06. The molecule has 0 amide bonds. The summed E-state index contributed by atoms with van der Waals surface area (Å²) in [6, 6.07) is 6.35. The van der Waals surface area contributed by atoms with E-state index in [-0.39, 0.29) is 11.3 Å². The average molecular weight is 257 g/mol. The lowest BCUT2D eigenvalue weighted by Crippen LogP contribution is -2.14. The summed E-state index contributed by atoms with van der Waals surface area (Å²) < 4.78 is 9.84. The van der Waals surface area contributed by atoms with Crippen LogP contribution >= 0.6 is 11.6 Å². The highest BCUT2D eigenvalue weighted by molar-refractivity contribution is 6.20. The first-order valence-corrected chi connectivity index (χ1v) is 5.60. The van der Waals surface area contributed by atoms with Gasteiger partial charge >= 0.3 is 11.9 Å². The van der Waals surface area contributed by atoms with E-state index in [0.29, 0.717) is 6.42 Å². The normalized spacial score (nSPS) is 11.7. The maximum atomic E-state index is 11.7. The number of alkyl halides is 1. The summed E-state index contributed by atoms with van der Waals surface area (Å²) >= 11 is 5.72. The SMILES string of the molecule is CC[C@@H](Cl)OC(=O)c1ccccc1OC(C)=O. The molecule has 0 radical (unpaired) electrons. The van der Waals surface area contributed by atoms with Crippen LogP contribution in [0.1, 0.15) is 30.6 Å². The van der Waals surface area contributed by atoms with Crippen molar-refractivity contribution in [1.29, 1.82) is 0 Å². The number of hydrogen-bond donors (Lipinski definition) is 0. The Morgan fingerprint density at radius 1 is 1.35 bits per heavy atom. The topological polar surface area (TPSA) is 52.6 Å². The van der Waals surface area contributed by atoms with Crippen molar-refractivity contribution < 1.29 is 19.1 Å². The molecule has 1 rings (SSSR count). The third kappa shape index (κ3) is 4.07. The summed E-state index contributed by atoms with van der Waals surface area (Å²) in [7, 11) is 0. The smallest absolute Gasteiger partial charge is 0.343 e. The zero-order valence-corrected chi connectivity index (χ0v) is 10.4. The summed E-state index contributed by atoms with van der Waals surface area (Å²) in [5.74, 6) is -0.933. The van der Waals surface area contributed by atoms with Gasteiger partial charge < -0.3 is 9.47 Å². The number of halogens is 1. The lowest BCUT2D eigenvalue weighted by Gasteiger charge is -2.11. The largest absolute Gasteiger partial charge is 0.442 e. The second kappa shape index (κ2) is 6.25. The molecule has 17 heavy (non-hydrogen) atoms. The summed E-state index contributed by atoms with van der Waals surface area (Å²) in [6.07, 6.45) is 0.503. The molecule has 0 saturated heterocycles. The maximum absolute atomic E-state index is 11.7. The Bertz CT molecular complexity index is 417. The van der Waals surface area contributed by atoms with Crippen LogP contribution in [0.15, 0.2) is 24.3 Å². The molecular weight excluding hydrogens is 244 g/mol. The third-order valence-corrected chi connectivity index (χ3v) is 2.31. The van der Waals surface area contributed by atoms with E-state index in [9.17, 15) is 9.59 Å². The minimum atomic E-state index is -0.687. The van der Waals surface area contributed by atoms with Crippen LogP contribution in [0.5, 0.6) is 5.75 Å². The molecule has 0 aliphatic rings. The van der Waals surface area contributed by atoms with E-state index in [1.165, 1.54) is 19.1 Å². The molecule has 0 aliphatic heterocycles. The van der Waals surface area contributed by atoms with Crippen LogP contribution in [-0.4, -0.2) is 17.5 Å². The van der Waals surface area contributed by atoms with Crippen molar-refractivity contribution in [3.05, 3.63) is 29.8 Å². The highest BCUT2D eigenvalue weighted by Crippen LogP contribution is 2.20. The summed E-state index contributed by atoms with van der Waals surface area (Å²) in [4.78, 5) is 22.6. The minimum Gasteiger partial charge on any atom is -0.442 e. The molecule has 0 unspecified atom stereocenters. The molecule has 0 bridgehead atoms. The van der Waals surface area contributed by atoms with Gasteiger partial charge in [0.25, 0.3) is 0 Å². The Morgan fingerprint density at radius 2 is 2.00 bits per heavy atom. The van der Waals surface area contributed by atoms with E-state index in [1.54, 1.807) is 19.1 Å². The van der Waals surface area contributed by atoms with E-state index in [1.807, 2.05) is 0 Å². The third-order valence-electron chi connectivity index (χ3n) is 1.92. The van der Waals surface area contributed by atoms with Gasteiger partial charge in [0.1, 0.15) is 11.3 Å². The Labute approximate surface area is 104 Å². The lowest BCUT2D eigenvalue weighted by atomic mass is 10.2. The number of hydrogen-bond acceptors (Lipinski definition) is 4. The number of esters is 2. The number of carbonyl (C=O) groups excluding carboxylic acids is 2. The predicted molar refractivity (Wildman–Crippen MR) is 63.1 cm³/mol. The molecule has 1 aromatic carbocycles. The zero-order valence-electron chi connectivity index (χ0n) is 9.60. The first-order chi connectivity index (χ1) is 8.04. The van der Waals surface area contributed by atoms with Crippen molar-refractivity contribution in [3.8, 4) is 5.75 Å². The van der Waals surface area contributed by atoms with Gasteiger partial charge in [0.05, 0.1) is 0 Å². The number of ether oxygens (including phenoxy) is 2. The Balaban J connectivity index is 2.88. The molecule has 5 heteroatoms. The fraction of sp³-hybridized carbons (Fsp3) is 0.333. The monoisotopic (exact) mass is 256 g/mol. The molecule has 1 atom stereocenters. The fourth-order valence-electron chi connectivity index (χ4n) is 1.14. The van der Waals surface area contributed by atoms with Gasteiger partial charge in [0.2, 0.25) is 0 Å². The van der Waals surface area contributed by atoms with Crippen LogP contribution < -0.4 is 4.74 Å². The van der Waals surface area contributed by atoms with Crippen molar-refractivity contribution >= 4 is 23.5 Å². The molecule has 92 valence electrons. The first kappa shape index (κ1) is 13.5. The van der Waals surface area contributed by atoms with Gasteiger partial charge in [-0.15, -0.1) is 0 Å². The lowest BCUT2D eigenvalue weighted by molar-refractivity contribution is -0.131. The van der Waals surface area contributed by atoms with Crippen molar-refractivity contribution in [2.24, 2.45) is 0 Å². The van der Waals surface area contributed by atoms with E-state index < -0.39 is 17.5 Å². The Hall–Kier alpha value is -1.55. The first-order valence-electron chi connectivity index (χ1n) is 5.17. The standard InChI is InChI=1S/C12H13ClO4/c1-3-11(13)17-12(15)9-6-4-5-7-10(9)16-8(2)14/h4-7,11H,3H2,1-2H3/t11-/m0/s1. The molecule has 0 spiro atoms. The quantitative estimate of drug-likeness (QED) is 0.472. The number of para-hydroxylation sites is 1. The predicted octanol–water partition coefficient (Wildman–Crippen LogP) is 2.74. The van der Waals surface area contributed by atoms with Crippen LogP contribution in [-0.2, 0) is 9.53 Å². The Kier molecular flexibility index (Phi) is 4.97. The Morgan fingerprint density at radius 3 is 2.59 bits per heavy atom. The molecule has 0 heterocycles. The highest BCUT2D eigenvalue weighted by Gasteiger charge is 2.17. The molecule has 0 fully saturated rings. The van der Waals surface area contributed by atoms with E-state index in [4.69, 9.17) is 21.1 Å². The van der Waals surface area contributed by atoms with Crippen LogP contribution in [0.2, 0.25) is 0 Å². The van der Waals surface area contributed by atoms with Gasteiger partial charge in [-0.1, -0.05) is 30.7 Å². The maximum Gasteiger partial charge on any atom is 0.343 e. The van der Waals surface area contributed by atoms with E-state index >= 15 is 0 Å². The van der Waals surface area contributed by atoms with E-state index in [0.717, 1.165) is 0 Å². The highest BCUT2D eigenvalue weighted by atomic mass is 35.5. The number of carbonyl (C=O) groups is 2. The molecule has 4 nitrogen and oxygen atoms in total. The molecule has 0 aliphatic carbocycles. The average Bonchev–Trinajstić information content (AvgIpc) is 2.28. The number of rotatable bonds is 4. The van der Waals surface area contributed by atoms with Gasteiger partial charge in [-0.2, -0.15) is 0 Å². The molecule has 1 aromatic rings. The van der Waals surface area contributed by atoms with Gasteiger partial charge in [-0.3, -0.25) is 4.79 Å². The van der Waals surface area contributed by atoms with Gasteiger partial charge in [0.15, 0.2) is 5.56 Å². The number of benzene rings is 1. The molecular formula is C12H13ClO4. The van der Waals surface area contributed by atoms with E-state index in [2.05, 4.69) is 0 Å². The zero-order chi connectivity index (χ0) is 12.8.